The van der Waals surface area contributed by atoms with E-state index < -0.39 is 35.4 Å². The minimum absolute atomic E-state index is 0. The van der Waals surface area contributed by atoms with Gasteiger partial charge in [0.25, 0.3) is 5.91 Å². The summed E-state index contributed by atoms with van der Waals surface area (Å²) in [5.74, 6) is -1.75. The van der Waals surface area contributed by atoms with Crippen LogP contribution in [0.2, 0.25) is 0 Å². The summed E-state index contributed by atoms with van der Waals surface area (Å²) in [6.07, 6.45) is 0. The van der Waals surface area contributed by atoms with Crippen molar-refractivity contribution in [3.8, 4) is 0 Å². The SMILES string of the molecule is Cl.NC(=O)[C@](N)(O)[C@@](N)(O)[C@](N)(O)[C@](N)(O)CO. The van der Waals surface area contributed by atoms with Crippen LogP contribution in [-0.2, 0) is 4.79 Å². The van der Waals surface area contributed by atoms with Crippen molar-refractivity contribution in [2.24, 2.45) is 28.7 Å². The van der Waals surface area contributed by atoms with Gasteiger partial charge in [0.05, 0.1) is 6.61 Å². The molecule has 0 heterocycles. The summed E-state index contributed by atoms with van der Waals surface area (Å²) >= 11 is 0. The van der Waals surface area contributed by atoms with Gasteiger partial charge in [-0.3, -0.25) is 27.7 Å². The smallest absolute Gasteiger partial charge is 0.269 e. The number of hydrogen-bond donors (Lipinski definition) is 10. The summed E-state index contributed by atoms with van der Waals surface area (Å²) in [5.41, 5.74) is 11.0. The van der Waals surface area contributed by atoms with E-state index in [0.717, 1.165) is 0 Å². The van der Waals surface area contributed by atoms with Crippen LogP contribution in [0.5, 0.6) is 0 Å². The molecule has 11 nitrogen and oxygen atoms in total. The van der Waals surface area contributed by atoms with Gasteiger partial charge in [-0.05, 0) is 0 Å². The predicted molar refractivity (Wildman–Crippen MR) is 60.1 cm³/mol. The number of halogens is 1. The molecule has 0 unspecified atom stereocenters. The molecule has 0 saturated carbocycles. The fourth-order valence-corrected chi connectivity index (χ4v) is 0.929. The molecule has 18 heavy (non-hydrogen) atoms. The summed E-state index contributed by atoms with van der Waals surface area (Å²) < 4.78 is 0. The zero-order valence-electron chi connectivity index (χ0n) is 9.15. The number of nitrogens with two attached hydrogens (primary N) is 5. The van der Waals surface area contributed by atoms with Gasteiger partial charge in [0.1, 0.15) is 0 Å². The lowest BCUT2D eigenvalue weighted by Gasteiger charge is -2.49. The standard InChI is InChI=1S/C6H17N5O6.ClH/c7-2(13)4(9,15)6(11,17)5(10,16)3(8,14)1-12;/h12,14-17H,1,8-11H2,(H2,7,13);1H/t3-,4+,5-,6-;/m1./s1. The lowest BCUT2D eigenvalue weighted by Crippen LogP contribution is -2.89. The lowest BCUT2D eigenvalue weighted by atomic mass is 9.82. The van der Waals surface area contributed by atoms with E-state index in [9.17, 15) is 25.2 Å². The van der Waals surface area contributed by atoms with Crippen LogP contribution in [0.3, 0.4) is 0 Å². The van der Waals surface area contributed by atoms with Gasteiger partial charge >= 0.3 is 0 Å². The summed E-state index contributed by atoms with van der Waals surface area (Å²) in [7, 11) is 0. The number of aliphatic hydroxyl groups excluding tert-OH is 1. The van der Waals surface area contributed by atoms with Gasteiger partial charge in [-0.25, -0.2) is 0 Å². The van der Waals surface area contributed by atoms with E-state index in [2.05, 4.69) is 5.73 Å². The molecule has 1 amide bonds. The molecule has 0 aromatic heterocycles. The molecule has 0 fully saturated rings. The van der Waals surface area contributed by atoms with Gasteiger partial charge in [0.15, 0.2) is 5.72 Å². The third-order valence-corrected chi connectivity index (χ3v) is 2.44. The molecule has 0 aliphatic rings. The maximum atomic E-state index is 10.8. The van der Waals surface area contributed by atoms with Crippen molar-refractivity contribution in [2.45, 2.75) is 22.9 Å². The number of carbonyl (C=O) groups excluding carboxylic acids is 1. The number of hydrogen-bond acceptors (Lipinski definition) is 10. The molecule has 0 aliphatic carbocycles. The highest BCUT2D eigenvalue weighted by atomic mass is 35.5. The molecule has 12 heteroatoms. The van der Waals surface area contributed by atoms with E-state index in [1.54, 1.807) is 0 Å². The van der Waals surface area contributed by atoms with Crippen LogP contribution in [-0.4, -0.2) is 60.9 Å². The van der Waals surface area contributed by atoms with Gasteiger partial charge in [0.2, 0.25) is 17.2 Å². The van der Waals surface area contributed by atoms with E-state index in [0.29, 0.717) is 0 Å². The quantitative estimate of drug-likeness (QED) is 0.214. The van der Waals surface area contributed by atoms with Gasteiger partial charge in [0, 0.05) is 0 Å². The van der Waals surface area contributed by atoms with Crippen molar-refractivity contribution < 1.29 is 30.3 Å². The number of rotatable bonds is 5. The molecule has 0 saturated heterocycles. The molecule has 0 spiro atoms. The first-order valence-electron chi connectivity index (χ1n) is 4.21. The van der Waals surface area contributed by atoms with Crippen molar-refractivity contribution in [1.82, 2.24) is 0 Å². The number of aliphatic hydroxyl groups is 5. The van der Waals surface area contributed by atoms with Crippen LogP contribution in [0.1, 0.15) is 0 Å². The largest absolute Gasteiger partial charge is 0.392 e. The maximum absolute atomic E-state index is 10.8. The minimum atomic E-state index is -3.54. The summed E-state index contributed by atoms with van der Waals surface area (Å²) in [6, 6.07) is 0. The average Bonchev–Trinajstić information content (AvgIpc) is 2.16. The Morgan fingerprint density at radius 1 is 0.944 bits per heavy atom. The monoisotopic (exact) mass is 291 g/mol. The van der Waals surface area contributed by atoms with Crippen molar-refractivity contribution in [1.29, 1.82) is 0 Å². The van der Waals surface area contributed by atoms with Crippen molar-refractivity contribution >= 4 is 18.3 Å². The molecule has 0 aromatic rings. The topological polar surface area (TPSA) is 248 Å². The fourth-order valence-electron chi connectivity index (χ4n) is 0.929. The van der Waals surface area contributed by atoms with E-state index in [4.69, 9.17) is 28.0 Å². The Labute approximate surface area is 108 Å². The molecule has 15 N–H and O–H groups in total. The van der Waals surface area contributed by atoms with Gasteiger partial charge in [-0.1, -0.05) is 0 Å². The van der Waals surface area contributed by atoms with Crippen LogP contribution >= 0.6 is 12.4 Å². The van der Waals surface area contributed by atoms with Crippen molar-refractivity contribution in [3.63, 3.8) is 0 Å². The Morgan fingerprint density at radius 3 is 1.50 bits per heavy atom. The first kappa shape index (κ1) is 19.7. The second-order valence-corrected chi connectivity index (χ2v) is 3.75. The summed E-state index contributed by atoms with van der Waals surface area (Å²) in [4.78, 5) is 10.8. The molecule has 4 atom stereocenters. The zero-order valence-corrected chi connectivity index (χ0v) is 9.96. The van der Waals surface area contributed by atoms with Gasteiger partial charge in [-0.2, -0.15) is 0 Å². The van der Waals surface area contributed by atoms with E-state index in [-0.39, 0.29) is 12.4 Å². The van der Waals surface area contributed by atoms with Gasteiger partial charge < -0.3 is 31.3 Å². The van der Waals surface area contributed by atoms with E-state index in [1.165, 1.54) is 0 Å². The zero-order chi connectivity index (χ0) is 14.3. The molecular formula is C6H18ClN5O6. The molecule has 110 valence electrons. The van der Waals surface area contributed by atoms with Crippen molar-refractivity contribution in [3.05, 3.63) is 0 Å². The van der Waals surface area contributed by atoms with Crippen LogP contribution < -0.4 is 28.7 Å². The molecule has 0 aromatic carbocycles. The van der Waals surface area contributed by atoms with E-state index >= 15 is 0 Å². The fraction of sp³-hybridized carbons (Fsp3) is 0.833. The maximum Gasteiger partial charge on any atom is 0.269 e. The Kier molecular flexibility index (Phi) is 5.68. The Morgan fingerprint density at radius 2 is 1.28 bits per heavy atom. The molecule has 0 aliphatic heterocycles. The average molecular weight is 292 g/mol. The van der Waals surface area contributed by atoms with Gasteiger partial charge in [-0.15, -0.1) is 12.4 Å². The Bertz CT molecular complexity index is 320. The summed E-state index contributed by atoms with van der Waals surface area (Å²) in [6.45, 7) is -1.37. The highest BCUT2D eigenvalue weighted by molar-refractivity contribution is 5.85. The normalized spacial score (nSPS) is 24.7. The van der Waals surface area contributed by atoms with Crippen LogP contribution in [0, 0.1) is 0 Å². The minimum Gasteiger partial charge on any atom is -0.392 e. The van der Waals surface area contributed by atoms with Crippen LogP contribution in [0.15, 0.2) is 0 Å². The number of carbonyl (C=O) groups is 1. The molecule has 0 radical (unpaired) electrons. The predicted octanol–water partition coefficient (Wildman–Crippen LogP) is -6.52. The lowest BCUT2D eigenvalue weighted by molar-refractivity contribution is -0.294. The van der Waals surface area contributed by atoms with E-state index in [1.807, 2.05) is 0 Å². The molecule has 0 bridgehead atoms. The third-order valence-electron chi connectivity index (χ3n) is 2.44. The highest BCUT2D eigenvalue weighted by Crippen LogP contribution is 2.27. The van der Waals surface area contributed by atoms with Crippen LogP contribution in [0.25, 0.3) is 0 Å². The Hall–Kier alpha value is -0.600. The molecule has 0 rings (SSSR count). The van der Waals surface area contributed by atoms with Crippen LogP contribution in [0.4, 0.5) is 0 Å². The highest BCUT2D eigenvalue weighted by Gasteiger charge is 2.67. The number of amides is 1. The summed E-state index contributed by atoms with van der Waals surface area (Å²) in [5, 5.41) is 46.5. The molecular weight excluding hydrogens is 274 g/mol. The first-order chi connectivity index (χ1) is 7.25. The Balaban J connectivity index is 0. The number of primary amides is 1. The second-order valence-electron chi connectivity index (χ2n) is 3.75. The second kappa shape index (κ2) is 5.18. The van der Waals surface area contributed by atoms with Crippen molar-refractivity contribution in [2.75, 3.05) is 6.61 Å². The third kappa shape index (κ3) is 2.55. The first-order valence-corrected chi connectivity index (χ1v) is 4.21.